The van der Waals surface area contributed by atoms with E-state index in [-0.39, 0.29) is 16.2 Å². The summed E-state index contributed by atoms with van der Waals surface area (Å²) in [6.45, 7) is 1.46. The van der Waals surface area contributed by atoms with Gasteiger partial charge in [-0.3, -0.25) is 4.79 Å². The van der Waals surface area contributed by atoms with Crippen molar-refractivity contribution in [2.45, 2.75) is 55.9 Å². The average molecular weight is 333 g/mol. The maximum absolute atomic E-state index is 12.9. The summed E-state index contributed by atoms with van der Waals surface area (Å²) in [5.74, 6) is 1.95. The van der Waals surface area contributed by atoms with Crippen LogP contribution in [0.3, 0.4) is 0 Å². The molecule has 0 heterocycles. The number of hydrogen-bond donors (Lipinski definition) is 1. The van der Waals surface area contributed by atoms with Crippen LogP contribution in [-0.2, 0) is 10.0 Å². The number of hydrogen-bond acceptors (Lipinski definition) is 3. The van der Waals surface area contributed by atoms with Crippen molar-refractivity contribution in [1.29, 1.82) is 0 Å². The molecule has 4 bridgehead atoms. The Balaban J connectivity index is 1.63. The summed E-state index contributed by atoms with van der Waals surface area (Å²) >= 11 is 0. The Kier molecular flexibility index (Phi) is 3.43. The molecule has 4 saturated carbocycles. The van der Waals surface area contributed by atoms with Crippen LogP contribution in [-0.4, -0.2) is 19.7 Å². The van der Waals surface area contributed by atoms with Gasteiger partial charge in [-0.15, -0.1) is 0 Å². The zero-order valence-electron chi connectivity index (χ0n) is 13.4. The first-order valence-electron chi connectivity index (χ1n) is 8.50. The summed E-state index contributed by atoms with van der Waals surface area (Å²) in [5, 5.41) is 0. The second-order valence-corrected chi connectivity index (χ2v) is 9.57. The normalized spacial score (nSPS) is 35.4. The van der Waals surface area contributed by atoms with Crippen molar-refractivity contribution < 1.29 is 13.2 Å². The van der Waals surface area contributed by atoms with Crippen molar-refractivity contribution in [3.05, 3.63) is 29.8 Å². The molecule has 0 amide bonds. The minimum atomic E-state index is -3.58. The first-order chi connectivity index (χ1) is 10.9. The fourth-order valence-corrected chi connectivity index (χ4v) is 6.94. The van der Waals surface area contributed by atoms with E-state index >= 15 is 0 Å². The number of carbonyl (C=O) groups is 1. The van der Waals surface area contributed by atoms with Gasteiger partial charge in [-0.1, -0.05) is 12.1 Å². The summed E-state index contributed by atoms with van der Waals surface area (Å²) in [6.07, 6.45) is 6.77. The van der Waals surface area contributed by atoms with E-state index < -0.39 is 10.0 Å². The summed E-state index contributed by atoms with van der Waals surface area (Å²) in [6, 6.07) is 6.37. The topological polar surface area (TPSA) is 63.2 Å². The molecule has 23 heavy (non-hydrogen) atoms. The Bertz CT molecular complexity index is 718. The Morgan fingerprint density at radius 1 is 1.09 bits per heavy atom. The monoisotopic (exact) mass is 333 g/mol. The first kappa shape index (κ1) is 15.3. The third-order valence-corrected chi connectivity index (χ3v) is 7.52. The van der Waals surface area contributed by atoms with Crippen molar-refractivity contribution >= 4 is 15.8 Å². The summed E-state index contributed by atoms with van der Waals surface area (Å²) in [7, 11) is -3.58. The van der Waals surface area contributed by atoms with Crippen molar-refractivity contribution in [3.63, 3.8) is 0 Å². The number of Topliss-reactive ketones (excluding diaryl/α,β-unsaturated/α-hetero) is 1. The number of ketones is 1. The van der Waals surface area contributed by atoms with Crippen molar-refractivity contribution in [1.82, 2.24) is 4.72 Å². The van der Waals surface area contributed by atoms with E-state index in [2.05, 4.69) is 4.72 Å². The lowest BCUT2D eigenvalue weighted by atomic mass is 9.53. The highest BCUT2D eigenvalue weighted by atomic mass is 32.2. The predicted molar refractivity (Wildman–Crippen MR) is 87.7 cm³/mol. The zero-order valence-corrected chi connectivity index (χ0v) is 14.2. The van der Waals surface area contributed by atoms with Crippen LogP contribution >= 0.6 is 0 Å². The Morgan fingerprint density at radius 3 is 2.17 bits per heavy atom. The molecule has 4 aliphatic rings. The first-order valence-corrected chi connectivity index (χ1v) is 9.99. The van der Waals surface area contributed by atoms with Gasteiger partial charge in [0.1, 0.15) is 0 Å². The molecule has 4 aliphatic carbocycles. The van der Waals surface area contributed by atoms with E-state index in [0.29, 0.717) is 23.3 Å². The summed E-state index contributed by atoms with van der Waals surface area (Å²) in [5.41, 5.74) is 0.193. The molecule has 0 spiro atoms. The van der Waals surface area contributed by atoms with Gasteiger partial charge in [0, 0.05) is 11.1 Å². The number of sulfonamides is 1. The zero-order chi connectivity index (χ0) is 16.2. The third kappa shape index (κ3) is 2.74. The Morgan fingerprint density at radius 2 is 1.65 bits per heavy atom. The van der Waals surface area contributed by atoms with Gasteiger partial charge in [-0.05, 0) is 75.3 Å². The summed E-state index contributed by atoms with van der Waals surface area (Å²) in [4.78, 5) is 11.7. The standard InChI is InChI=1S/C18H23NO3S/c1-12(20)16-3-2-4-17(8-16)23(21,22)19-18-9-13-5-14(10-18)7-15(6-13)11-18/h2-4,8,13-15,19H,5-7,9-11H2,1H3. The second-order valence-electron chi connectivity index (χ2n) is 7.89. The molecule has 1 N–H and O–H groups in total. The van der Waals surface area contributed by atoms with Crippen LogP contribution in [0.25, 0.3) is 0 Å². The highest BCUT2D eigenvalue weighted by Gasteiger charge is 2.52. The number of rotatable bonds is 4. The van der Waals surface area contributed by atoms with Crippen LogP contribution in [0.2, 0.25) is 0 Å². The highest BCUT2D eigenvalue weighted by Crippen LogP contribution is 2.55. The molecule has 5 rings (SSSR count). The molecular formula is C18H23NO3S. The molecule has 0 saturated heterocycles. The fourth-order valence-electron chi connectivity index (χ4n) is 5.46. The molecule has 0 aromatic heterocycles. The lowest BCUT2D eigenvalue weighted by molar-refractivity contribution is -0.00810. The highest BCUT2D eigenvalue weighted by molar-refractivity contribution is 7.89. The van der Waals surface area contributed by atoms with Crippen LogP contribution < -0.4 is 4.72 Å². The van der Waals surface area contributed by atoms with Crippen LogP contribution in [0.4, 0.5) is 0 Å². The van der Waals surface area contributed by atoms with Crippen LogP contribution in [0, 0.1) is 17.8 Å². The maximum atomic E-state index is 12.9. The second kappa shape index (κ2) is 5.15. The Labute approximate surface area is 137 Å². The van der Waals surface area contributed by atoms with Gasteiger partial charge in [-0.25, -0.2) is 13.1 Å². The minimum Gasteiger partial charge on any atom is -0.295 e. The van der Waals surface area contributed by atoms with Gasteiger partial charge in [0.05, 0.1) is 4.90 Å². The largest absolute Gasteiger partial charge is 0.295 e. The van der Waals surface area contributed by atoms with Gasteiger partial charge < -0.3 is 0 Å². The van der Waals surface area contributed by atoms with Gasteiger partial charge in [0.25, 0.3) is 0 Å². The molecule has 4 fully saturated rings. The van der Waals surface area contributed by atoms with Crippen LogP contribution in [0.15, 0.2) is 29.2 Å². The van der Waals surface area contributed by atoms with E-state index in [0.717, 1.165) is 19.3 Å². The molecule has 0 unspecified atom stereocenters. The predicted octanol–water partition coefficient (Wildman–Crippen LogP) is 3.14. The molecule has 0 atom stereocenters. The number of nitrogens with one attached hydrogen (secondary N) is 1. The molecule has 1 aromatic rings. The van der Waals surface area contributed by atoms with E-state index in [1.165, 1.54) is 32.3 Å². The van der Waals surface area contributed by atoms with Crippen LogP contribution in [0.1, 0.15) is 55.8 Å². The van der Waals surface area contributed by atoms with E-state index in [4.69, 9.17) is 0 Å². The average Bonchev–Trinajstić information content (AvgIpc) is 2.44. The van der Waals surface area contributed by atoms with Gasteiger partial charge in [0.2, 0.25) is 10.0 Å². The molecule has 0 aliphatic heterocycles. The number of carbonyl (C=O) groups excluding carboxylic acids is 1. The molecule has 124 valence electrons. The lowest BCUT2D eigenvalue weighted by Gasteiger charge is -2.56. The van der Waals surface area contributed by atoms with E-state index in [1.807, 2.05) is 0 Å². The van der Waals surface area contributed by atoms with Gasteiger partial charge >= 0.3 is 0 Å². The van der Waals surface area contributed by atoms with E-state index in [1.54, 1.807) is 18.2 Å². The fraction of sp³-hybridized carbons (Fsp3) is 0.611. The lowest BCUT2D eigenvalue weighted by Crippen LogP contribution is -2.59. The van der Waals surface area contributed by atoms with Crippen molar-refractivity contribution in [2.75, 3.05) is 0 Å². The molecule has 5 heteroatoms. The number of benzene rings is 1. The summed E-state index contributed by atoms with van der Waals surface area (Å²) < 4.78 is 28.8. The van der Waals surface area contributed by atoms with Gasteiger partial charge in [-0.2, -0.15) is 0 Å². The quantitative estimate of drug-likeness (QED) is 0.861. The van der Waals surface area contributed by atoms with E-state index in [9.17, 15) is 13.2 Å². The minimum absolute atomic E-state index is 0.114. The van der Waals surface area contributed by atoms with Crippen LogP contribution in [0.5, 0.6) is 0 Å². The molecule has 4 nitrogen and oxygen atoms in total. The SMILES string of the molecule is CC(=O)c1cccc(S(=O)(=O)NC23CC4CC(CC(C4)C2)C3)c1. The smallest absolute Gasteiger partial charge is 0.241 e. The molecular weight excluding hydrogens is 310 g/mol. The molecule has 0 radical (unpaired) electrons. The van der Waals surface area contributed by atoms with Gasteiger partial charge in [0.15, 0.2) is 5.78 Å². The third-order valence-electron chi connectivity index (χ3n) is 5.94. The van der Waals surface area contributed by atoms with Crippen molar-refractivity contribution in [2.24, 2.45) is 17.8 Å². The molecule has 1 aromatic carbocycles. The Hall–Kier alpha value is -1.20. The maximum Gasteiger partial charge on any atom is 0.241 e. The van der Waals surface area contributed by atoms with Crippen molar-refractivity contribution in [3.8, 4) is 0 Å².